The summed E-state index contributed by atoms with van der Waals surface area (Å²) in [5, 5.41) is 0. The molecule has 0 rings (SSSR count). The van der Waals surface area contributed by atoms with Gasteiger partial charge in [-0.05, 0) is 0 Å². The van der Waals surface area contributed by atoms with E-state index in [2.05, 4.69) is 0 Å². The van der Waals surface area contributed by atoms with Gasteiger partial charge in [0.2, 0.25) is 10.4 Å². The summed E-state index contributed by atoms with van der Waals surface area (Å²) in [7, 11) is -4.92. The van der Waals surface area contributed by atoms with Crippen molar-refractivity contribution in [3.8, 4) is 0 Å². The van der Waals surface area contributed by atoms with Gasteiger partial charge in [-0.2, -0.15) is 0 Å². The maximum atomic E-state index is 8.63. The van der Waals surface area contributed by atoms with Crippen LogP contribution in [-0.4, -0.2) is 28.5 Å². The minimum Gasteiger partial charge on any atom is -0.726 e. The Labute approximate surface area is 58.0 Å². The van der Waals surface area contributed by atoms with Gasteiger partial charge in [0, 0.05) is 18.6 Å². The quantitative estimate of drug-likeness (QED) is 0.324. The molecular formula is H5O6SV-. The Balaban J connectivity index is -0.0000000267. The Morgan fingerprint density at radius 3 is 1.25 bits per heavy atom. The van der Waals surface area contributed by atoms with E-state index in [0.29, 0.717) is 0 Å². The van der Waals surface area contributed by atoms with Crippen LogP contribution in [0, 0.1) is 0 Å². The van der Waals surface area contributed by atoms with Gasteiger partial charge in [-0.25, -0.2) is 8.42 Å². The number of hydrogen-bond acceptors (Lipinski definition) is 3. The van der Waals surface area contributed by atoms with Crippen LogP contribution >= 0.6 is 0 Å². The number of hydrogen-bond donors (Lipinski definition) is 1. The molecule has 0 aromatic carbocycles. The van der Waals surface area contributed by atoms with Crippen molar-refractivity contribution in [1.82, 2.24) is 0 Å². The first-order valence-corrected chi connectivity index (χ1v) is 2.05. The van der Waals surface area contributed by atoms with E-state index < -0.39 is 10.4 Å². The molecule has 0 aromatic heterocycles. The molecule has 8 heteroatoms. The Morgan fingerprint density at radius 1 is 1.25 bits per heavy atom. The van der Waals surface area contributed by atoms with E-state index >= 15 is 0 Å². The largest absolute Gasteiger partial charge is 0.726 e. The van der Waals surface area contributed by atoms with Crippen LogP contribution in [0.4, 0.5) is 0 Å². The summed E-state index contributed by atoms with van der Waals surface area (Å²) in [5.74, 6) is 0. The molecule has 0 unspecified atom stereocenters. The average molecular weight is 184 g/mol. The van der Waals surface area contributed by atoms with Gasteiger partial charge in [-0.3, -0.25) is 4.55 Å². The van der Waals surface area contributed by atoms with E-state index in [9.17, 15) is 0 Å². The number of rotatable bonds is 0. The fourth-order valence-electron chi connectivity index (χ4n) is 0. The van der Waals surface area contributed by atoms with Crippen molar-refractivity contribution in [2.75, 3.05) is 0 Å². The first-order valence-electron chi connectivity index (χ1n) is 0.683. The van der Waals surface area contributed by atoms with Crippen molar-refractivity contribution >= 4 is 10.4 Å². The van der Waals surface area contributed by atoms with Crippen molar-refractivity contribution < 1.29 is 47.0 Å². The molecule has 0 saturated heterocycles. The second kappa shape index (κ2) is 7.37. The molecule has 6 nitrogen and oxygen atoms in total. The molecule has 8 heavy (non-hydrogen) atoms. The van der Waals surface area contributed by atoms with Gasteiger partial charge in [-0.1, -0.05) is 0 Å². The second-order valence-electron chi connectivity index (χ2n) is 0.428. The van der Waals surface area contributed by atoms with E-state index in [4.69, 9.17) is 17.5 Å². The van der Waals surface area contributed by atoms with Crippen LogP contribution < -0.4 is 0 Å². The predicted molar refractivity (Wildman–Crippen MR) is 19.6 cm³/mol. The minimum absolute atomic E-state index is 0. The zero-order valence-corrected chi connectivity index (χ0v) is 5.74. The average Bonchev–Trinajstić information content (AvgIpc) is 0.722. The molecular weight excluding hydrogens is 179 g/mol. The molecule has 0 bridgehead atoms. The smallest absolute Gasteiger partial charge is 0.215 e. The fourth-order valence-corrected chi connectivity index (χ4v) is 0. The van der Waals surface area contributed by atoms with E-state index in [0.717, 1.165) is 0 Å². The molecule has 0 amide bonds. The normalized spacial score (nSPS) is 7.25. The molecule has 0 aliphatic rings. The molecule has 0 atom stereocenters. The summed E-state index contributed by atoms with van der Waals surface area (Å²) in [6, 6.07) is 0. The zero-order chi connectivity index (χ0) is 4.50. The third-order valence-corrected chi connectivity index (χ3v) is 0. The van der Waals surface area contributed by atoms with Gasteiger partial charge in [0.1, 0.15) is 0 Å². The Hall–Kier alpha value is 0.374. The topological polar surface area (TPSA) is 140 Å². The molecule has 0 fully saturated rings. The summed E-state index contributed by atoms with van der Waals surface area (Å²) in [5.41, 5.74) is 0. The van der Waals surface area contributed by atoms with Crippen LogP contribution in [-0.2, 0) is 29.0 Å². The van der Waals surface area contributed by atoms with E-state index in [-0.39, 0.29) is 29.5 Å². The van der Waals surface area contributed by atoms with Crippen LogP contribution in [0.25, 0.3) is 0 Å². The van der Waals surface area contributed by atoms with Crippen molar-refractivity contribution in [2.45, 2.75) is 0 Å². The monoisotopic (exact) mass is 184 g/mol. The van der Waals surface area contributed by atoms with Gasteiger partial charge in [-0.15, -0.1) is 0 Å². The molecule has 0 spiro atoms. The van der Waals surface area contributed by atoms with E-state index in [1.54, 1.807) is 0 Å². The molecule has 0 heterocycles. The van der Waals surface area contributed by atoms with Crippen molar-refractivity contribution in [2.24, 2.45) is 0 Å². The summed E-state index contributed by atoms with van der Waals surface area (Å²) < 4.78 is 32.8. The predicted octanol–water partition coefficient (Wildman–Crippen LogP) is -2.65. The third-order valence-electron chi connectivity index (χ3n) is 0. The van der Waals surface area contributed by atoms with Gasteiger partial charge in [0.25, 0.3) is 0 Å². The van der Waals surface area contributed by atoms with Crippen molar-refractivity contribution in [3.05, 3.63) is 0 Å². The van der Waals surface area contributed by atoms with Crippen molar-refractivity contribution in [1.29, 1.82) is 0 Å². The Morgan fingerprint density at radius 2 is 1.25 bits per heavy atom. The first kappa shape index (κ1) is 23.8. The van der Waals surface area contributed by atoms with Crippen LogP contribution in [0.1, 0.15) is 0 Å². The standard InChI is InChI=1S/H2O4S.2H2O.V/c1-5(2,3)4;;;/h(H2,1,2,3,4);2*1H2;/p-1. The molecule has 0 aliphatic carbocycles. The van der Waals surface area contributed by atoms with Gasteiger partial charge in [0.15, 0.2) is 0 Å². The molecule has 5 N–H and O–H groups in total. The second-order valence-corrected chi connectivity index (χ2v) is 1.28. The Bertz CT molecular complexity index is 91.7. The molecule has 1 radical (unpaired) electrons. The van der Waals surface area contributed by atoms with Crippen LogP contribution in [0.3, 0.4) is 0 Å². The third kappa shape index (κ3) is 1310. The molecule has 0 aliphatic heterocycles. The van der Waals surface area contributed by atoms with Crippen LogP contribution in [0.5, 0.6) is 0 Å². The minimum atomic E-state index is -4.92. The first-order chi connectivity index (χ1) is 2.00. The Kier molecular flexibility index (Phi) is 21.9. The van der Waals surface area contributed by atoms with Crippen LogP contribution in [0.2, 0.25) is 0 Å². The zero-order valence-electron chi connectivity index (χ0n) is 3.53. The van der Waals surface area contributed by atoms with E-state index in [1.807, 2.05) is 0 Å². The van der Waals surface area contributed by atoms with Gasteiger partial charge in [0.05, 0.1) is 0 Å². The molecule has 0 saturated carbocycles. The molecule has 53 valence electrons. The fraction of sp³-hybridized carbons (Fsp3) is 0. The van der Waals surface area contributed by atoms with Gasteiger partial charge < -0.3 is 15.5 Å². The van der Waals surface area contributed by atoms with Crippen LogP contribution in [0.15, 0.2) is 0 Å². The maximum Gasteiger partial charge on any atom is 0.215 e. The molecule has 0 aromatic rings. The summed E-state index contributed by atoms with van der Waals surface area (Å²) in [6.07, 6.45) is 0. The maximum absolute atomic E-state index is 8.63. The van der Waals surface area contributed by atoms with Crippen molar-refractivity contribution in [3.63, 3.8) is 0 Å². The summed E-state index contributed by atoms with van der Waals surface area (Å²) >= 11 is 0. The summed E-state index contributed by atoms with van der Waals surface area (Å²) in [4.78, 5) is 0. The van der Waals surface area contributed by atoms with Gasteiger partial charge >= 0.3 is 0 Å². The SMILES string of the molecule is O.O.O=S(=O)([O-])O.[V]. The van der Waals surface area contributed by atoms with E-state index in [1.165, 1.54) is 0 Å². The summed E-state index contributed by atoms with van der Waals surface area (Å²) in [6.45, 7) is 0.